The first-order valence-electron chi connectivity index (χ1n) is 22.3. The summed E-state index contributed by atoms with van der Waals surface area (Å²) < 4.78 is 45.1. The molecule has 0 radical (unpaired) electrons. The number of carboxylic acid groups (broad SMARTS) is 1. The zero-order valence-corrected chi connectivity index (χ0v) is 38.3. The van der Waals surface area contributed by atoms with Crippen molar-refractivity contribution in [3.63, 3.8) is 0 Å². The number of alkyl halides is 3. The molecule has 0 spiro atoms. The molecule has 20 nitrogen and oxygen atoms in total. The van der Waals surface area contributed by atoms with Crippen molar-refractivity contribution < 1.29 is 61.3 Å². The van der Waals surface area contributed by atoms with Crippen molar-refractivity contribution in [1.82, 2.24) is 40.4 Å². The largest absolute Gasteiger partial charge is 0.490 e. The molecule has 2 aromatic heterocycles. The number of fused-ring (bicyclic) bond motifs is 2. The van der Waals surface area contributed by atoms with Gasteiger partial charge < -0.3 is 35.4 Å². The molecule has 2 aliphatic heterocycles. The standard InChI is InChI=1S/C44H54N10O8.C2HF3O2/c1-44(2)16-14-30-33(24-44)50-51-39(30)41(58)48-29-25-47-53(27-29)34(28-8-5-4-6-9-28)15-18-52(3)19-21-62-23-22-61-20-17-45-37(56)26-46-32-11-7-10-31-38(32)43(60)54(42(31)59)35-12-13-36(55)49-40(35)57;3-2(4,5)1(6)7/h4-11,25,27,34-35,46H,12-24,26H2,1-3H3,(H,45,56)(H,48,58)(H,50,51)(H,49,55,57);(H,6,7)/t34-,35?;/m0./s1. The lowest BCUT2D eigenvalue weighted by molar-refractivity contribution is -0.192. The van der Waals surface area contributed by atoms with Gasteiger partial charge in [0, 0.05) is 49.2 Å². The molecule has 69 heavy (non-hydrogen) atoms. The Balaban J connectivity index is 0.00000104. The summed E-state index contributed by atoms with van der Waals surface area (Å²) >= 11 is 0. The van der Waals surface area contributed by atoms with Crippen LogP contribution in [0.5, 0.6) is 0 Å². The molecule has 23 heteroatoms. The average Bonchev–Trinajstić information content (AvgIpc) is 4.01. The molecule has 2 atom stereocenters. The van der Waals surface area contributed by atoms with Gasteiger partial charge in [-0.3, -0.25) is 48.8 Å². The number of nitrogens with zero attached hydrogens (tertiary/aromatic N) is 5. The molecule has 1 fully saturated rings. The van der Waals surface area contributed by atoms with E-state index in [1.807, 2.05) is 36.1 Å². The number of carbonyl (C=O) groups excluding carboxylic acids is 6. The topological polar surface area (TPSA) is 259 Å². The summed E-state index contributed by atoms with van der Waals surface area (Å²) in [5.74, 6) is -5.75. The normalized spacial score (nSPS) is 16.8. The Hall–Kier alpha value is -6.98. The summed E-state index contributed by atoms with van der Waals surface area (Å²) in [5.41, 5.74) is 4.90. The molecule has 2 aromatic carbocycles. The van der Waals surface area contributed by atoms with Crippen LogP contribution >= 0.6 is 0 Å². The summed E-state index contributed by atoms with van der Waals surface area (Å²) in [6, 6.07) is 13.7. The van der Waals surface area contributed by atoms with Crippen LogP contribution in [0.2, 0.25) is 0 Å². The number of halogens is 3. The number of hydrogen-bond acceptors (Lipinski definition) is 13. The van der Waals surface area contributed by atoms with Crippen LogP contribution in [0.25, 0.3) is 0 Å². The number of nitrogens with one attached hydrogen (secondary N) is 5. The molecular weight excluding hydrogens is 910 g/mol. The van der Waals surface area contributed by atoms with Crippen molar-refractivity contribution >= 4 is 52.8 Å². The minimum absolute atomic E-state index is 0.0242. The van der Waals surface area contributed by atoms with Crippen LogP contribution in [0.4, 0.5) is 24.5 Å². The monoisotopic (exact) mass is 964 g/mol. The van der Waals surface area contributed by atoms with Gasteiger partial charge in [-0.1, -0.05) is 50.2 Å². The summed E-state index contributed by atoms with van der Waals surface area (Å²) in [6.45, 7) is 7.55. The fourth-order valence-electron chi connectivity index (χ4n) is 8.08. The lowest BCUT2D eigenvalue weighted by Crippen LogP contribution is -2.54. The van der Waals surface area contributed by atoms with Gasteiger partial charge in [0.15, 0.2) is 5.69 Å². The van der Waals surface area contributed by atoms with Gasteiger partial charge in [-0.15, -0.1) is 0 Å². The van der Waals surface area contributed by atoms with E-state index in [2.05, 4.69) is 67.4 Å². The Morgan fingerprint density at radius 2 is 1.70 bits per heavy atom. The molecule has 4 aromatic rings. The zero-order chi connectivity index (χ0) is 49.9. The van der Waals surface area contributed by atoms with Crippen molar-refractivity contribution in [2.24, 2.45) is 5.41 Å². The highest BCUT2D eigenvalue weighted by molar-refractivity contribution is 6.25. The number of rotatable bonds is 20. The molecule has 1 aliphatic carbocycles. The van der Waals surface area contributed by atoms with E-state index in [9.17, 15) is 41.9 Å². The van der Waals surface area contributed by atoms with Gasteiger partial charge in [0.25, 0.3) is 17.7 Å². The molecule has 0 bridgehead atoms. The number of aromatic amines is 1. The lowest BCUT2D eigenvalue weighted by atomic mass is 9.76. The van der Waals surface area contributed by atoms with Crippen molar-refractivity contribution in [2.45, 2.75) is 70.6 Å². The van der Waals surface area contributed by atoms with Crippen LogP contribution in [0.15, 0.2) is 60.9 Å². The Labute approximate surface area is 394 Å². The van der Waals surface area contributed by atoms with E-state index < -0.39 is 41.8 Å². The van der Waals surface area contributed by atoms with Gasteiger partial charge in [-0.2, -0.15) is 23.4 Å². The van der Waals surface area contributed by atoms with E-state index in [0.29, 0.717) is 43.4 Å². The predicted octanol–water partition coefficient (Wildman–Crippen LogP) is 3.58. The third-order valence-electron chi connectivity index (χ3n) is 11.7. The number of likely N-dealkylation sites (N-methyl/N-ethyl adjacent to an activating group) is 1. The van der Waals surface area contributed by atoms with Crippen molar-refractivity contribution in [1.29, 1.82) is 0 Å². The maximum Gasteiger partial charge on any atom is 0.490 e. The Bertz CT molecular complexity index is 2510. The van der Waals surface area contributed by atoms with E-state index >= 15 is 0 Å². The minimum atomic E-state index is -5.08. The molecule has 6 N–H and O–H groups in total. The van der Waals surface area contributed by atoms with Crippen LogP contribution in [-0.4, -0.2) is 148 Å². The van der Waals surface area contributed by atoms with Crippen LogP contribution in [0.3, 0.4) is 0 Å². The van der Waals surface area contributed by atoms with E-state index in [4.69, 9.17) is 19.4 Å². The molecule has 7 rings (SSSR count). The van der Waals surface area contributed by atoms with Crippen LogP contribution in [0.1, 0.15) is 93.6 Å². The van der Waals surface area contributed by atoms with Gasteiger partial charge in [0.2, 0.25) is 17.7 Å². The second-order valence-corrected chi connectivity index (χ2v) is 17.5. The predicted molar refractivity (Wildman–Crippen MR) is 241 cm³/mol. The second-order valence-electron chi connectivity index (χ2n) is 17.5. The first-order valence-corrected chi connectivity index (χ1v) is 22.3. The molecule has 1 saturated heterocycles. The number of benzene rings is 2. The third kappa shape index (κ3) is 13.6. The smallest absolute Gasteiger partial charge is 0.475 e. The summed E-state index contributed by atoms with van der Waals surface area (Å²) in [4.78, 5) is 88.1. The Kier molecular flexibility index (Phi) is 17.0. The van der Waals surface area contributed by atoms with Crippen molar-refractivity contribution in [3.05, 3.63) is 94.6 Å². The summed E-state index contributed by atoms with van der Waals surface area (Å²) in [6.07, 6.45) is 2.01. The highest BCUT2D eigenvalue weighted by Gasteiger charge is 2.45. The first kappa shape index (κ1) is 51.4. The maximum atomic E-state index is 13.3. The maximum absolute atomic E-state index is 13.3. The number of anilines is 2. The number of H-pyrrole nitrogens is 1. The number of piperidine rings is 1. The van der Waals surface area contributed by atoms with Crippen LogP contribution in [0, 0.1) is 5.41 Å². The third-order valence-corrected chi connectivity index (χ3v) is 11.7. The molecule has 6 amide bonds. The van der Waals surface area contributed by atoms with Gasteiger partial charge >= 0.3 is 12.1 Å². The van der Waals surface area contributed by atoms with Gasteiger partial charge in [0.05, 0.1) is 62.0 Å². The number of ether oxygens (including phenoxy) is 2. The first-order chi connectivity index (χ1) is 32.8. The average molecular weight is 965 g/mol. The second kappa shape index (κ2) is 22.9. The van der Waals surface area contributed by atoms with Crippen molar-refractivity contribution in [3.8, 4) is 0 Å². The SMILES string of the molecule is CN(CCOCCOCCNC(=O)CNc1cccc2c1C(=O)N(C1CCC(=O)NC1=O)C2=O)CC[C@@H](c1ccccc1)n1cc(NC(=O)c2n[nH]c3c2CCC(C)(C)C3)cn1.O=C(O)C(F)(F)F. The summed E-state index contributed by atoms with van der Waals surface area (Å²) in [5, 5.41) is 30.1. The fourth-order valence-corrected chi connectivity index (χ4v) is 8.08. The van der Waals surface area contributed by atoms with Gasteiger partial charge in [0.1, 0.15) is 6.04 Å². The highest BCUT2D eigenvalue weighted by atomic mass is 19.4. The summed E-state index contributed by atoms with van der Waals surface area (Å²) in [7, 11) is 2.04. The number of hydrogen-bond donors (Lipinski definition) is 6. The Morgan fingerprint density at radius 1 is 0.971 bits per heavy atom. The van der Waals surface area contributed by atoms with Crippen molar-refractivity contribution in [2.75, 3.05) is 70.3 Å². The number of carboxylic acids is 1. The zero-order valence-electron chi connectivity index (χ0n) is 38.3. The van der Waals surface area contributed by atoms with E-state index in [1.165, 1.54) is 6.07 Å². The van der Waals surface area contributed by atoms with Gasteiger partial charge in [-0.25, -0.2) is 4.79 Å². The molecule has 1 unspecified atom stereocenters. The van der Waals surface area contributed by atoms with E-state index in [1.54, 1.807) is 18.3 Å². The Morgan fingerprint density at radius 3 is 2.41 bits per heavy atom. The highest BCUT2D eigenvalue weighted by Crippen LogP contribution is 2.36. The molecule has 0 saturated carbocycles. The van der Waals surface area contributed by atoms with Crippen LogP contribution < -0.4 is 21.3 Å². The minimum Gasteiger partial charge on any atom is -0.475 e. The van der Waals surface area contributed by atoms with Gasteiger partial charge in [-0.05, 0) is 62.3 Å². The quantitative estimate of drug-likeness (QED) is 0.0547. The molecule has 3 aliphatic rings. The van der Waals surface area contributed by atoms with E-state index in [-0.39, 0.29) is 66.9 Å². The molecule has 4 heterocycles. The molecule has 370 valence electrons. The van der Waals surface area contributed by atoms with E-state index in [0.717, 1.165) is 53.9 Å². The molecular formula is C46H55F3N10O10. The lowest BCUT2D eigenvalue weighted by Gasteiger charge is -2.28. The number of imide groups is 2. The number of carbonyl (C=O) groups is 7. The number of amides is 6. The number of aromatic nitrogens is 4. The number of aliphatic carboxylic acids is 1. The van der Waals surface area contributed by atoms with Crippen LogP contribution in [-0.2, 0) is 41.5 Å². The fraction of sp³-hybridized carbons (Fsp3) is 0.457.